The summed E-state index contributed by atoms with van der Waals surface area (Å²) in [5.41, 5.74) is 4.58. The molecule has 0 amide bonds. The SMILES string of the molecule is Brc1ccc(-c2nc(-c3ccccn3)nc(-c3ccccn3)n2)cc1.Brc1ccc(-c2nc(-c3ccccn3)nc(-c3ccccn3)n2)cc1.CC(C)=O.CC(C)=O.F[P-](F)(F)(F)(F)F.F[P-](F)(F)(F)(F)F.[Cu+2]. The van der Waals surface area contributed by atoms with Crippen LogP contribution in [-0.2, 0) is 26.7 Å². The molecule has 0 bridgehead atoms. The molecule has 0 aliphatic rings. The third kappa shape index (κ3) is 30.5. The molecule has 0 atom stereocenters. The summed E-state index contributed by atoms with van der Waals surface area (Å²) in [5.74, 6) is 3.60. The van der Waals surface area contributed by atoms with Gasteiger partial charge in [0.25, 0.3) is 0 Å². The molecule has 8 aromatic rings. The average Bonchev–Trinajstić information content (AvgIpc) is 3.28. The maximum Gasteiger partial charge on any atom is 2.00 e. The van der Waals surface area contributed by atoms with Crippen LogP contribution in [0.4, 0.5) is 50.4 Å². The van der Waals surface area contributed by atoms with E-state index in [4.69, 9.17) is 0 Å². The fourth-order valence-corrected chi connectivity index (χ4v) is 5.17. The number of Topliss-reactive ketones (excluding diaryl/α,β-unsaturated/α-hetero) is 2. The number of aromatic nitrogens is 10. The van der Waals surface area contributed by atoms with Gasteiger partial charge in [-0.15, -0.1) is 0 Å². The molecule has 0 spiro atoms. The molecule has 8 rings (SSSR count). The maximum absolute atomic E-state index is 10.7. The van der Waals surface area contributed by atoms with E-state index in [1.54, 1.807) is 24.8 Å². The molecule has 1 radical (unpaired) electrons. The van der Waals surface area contributed by atoms with Crippen LogP contribution >= 0.6 is 47.5 Å². The Morgan fingerprint density at radius 2 is 0.521 bits per heavy atom. The molecular formula is C44H36Br2CuF12N10O2P2. The number of nitrogens with zero attached hydrogens (tertiary/aromatic N) is 10. The molecule has 6 aromatic heterocycles. The smallest absolute Gasteiger partial charge is 2.00 e. The largest absolute Gasteiger partial charge is 2.00 e. The van der Waals surface area contributed by atoms with Crippen LogP contribution in [-0.4, -0.2) is 61.4 Å². The van der Waals surface area contributed by atoms with E-state index in [1.165, 1.54) is 27.7 Å². The van der Waals surface area contributed by atoms with Crippen molar-refractivity contribution in [1.82, 2.24) is 49.8 Å². The van der Waals surface area contributed by atoms with Gasteiger partial charge in [0.2, 0.25) is 0 Å². The second-order valence-corrected chi connectivity index (χ2v) is 19.9. The van der Waals surface area contributed by atoms with E-state index < -0.39 is 15.6 Å². The summed E-state index contributed by atoms with van der Waals surface area (Å²) < 4.78 is 120. The van der Waals surface area contributed by atoms with Crippen LogP contribution in [0.15, 0.2) is 155 Å². The van der Waals surface area contributed by atoms with E-state index in [-0.39, 0.29) is 28.6 Å². The van der Waals surface area contributed by atoms with Crippen LogP contribution in [0.1, 0.15) is 27.7 Å². The molecule has 12 nitrogen and oxygen atoms in total. The zero-order chi connectivity index (χ0) is 54.1. The fraction of sp³-hybridized carbons (Fsp3) is 0.0909. The summed E-state index contributed by atoms with van der Waals surface area (Å²) in [5, 5.41) is 0. The van der Waals surface area contributed by atoms with E-state index >= 15 is 0 Å². The predicted molar refractivity (Wildman–Crippen MR) is 259 cm³/mol. The van der Waals surface area contributed by atoms with Crippen molar-refractivity contribution in [3.63, 3.8) is 0 Å². The first-order valence-corrected chi connectivity index (χ1v) is 25.4. The standard InChI is InChI=1S/2C19H12BrN5.2C3H6O.Cu.2F6P/c2*20-14-9-7-13(8-10-14)17-23-18(15-5-1-3-11-21-15)25-19(24-17)16-6-2-4-12-22-16;2*1-3(2)4;;2*1-7(2,3,4,5)6/h2*1-12H;2*1-2H3;;;/q;;;;+2;2*-1. The summed E-state index contributed by atoms with van der Waals surface area (Å²) in [6.45, 7) is 6.11. The molecule has 0 fully saturated rings. The summed E-state index contributed by atoms with van der Waals surface area (Å²) in [6.07, 6.45) is 6.88. The van der Waals surface area contributed by atoms with Crippen molar-refractivity contribution in [2.75, 3.05) is 0 Å². The number of ketones is 2. The van der Waals surface area contributed by atoms with Gasteiger partial charge < -0.3 is 9.59 Å². The summed E-state index contributed by atoms with van der Waals surface area (Å²) in [7, 11) is -21.3. The van der Waals surface area contributed by atoms with Gasteiger partial charge in [0, 0.05) is 44.9 Å². The van der Waals surface area contributed by atoms with Crippen LogP contribution in [0.2, 0.25) is 0 Å². The number of benzene rings is 2. The summed E-state index contributed by atoms with van der Waals surface area (Å²) >= 11 is 6.89. The minimum absolute atomic E-state index is 0. The molecule has 0 unspecified atom stereocenters. The topological polar surface area (TPSA) is 163 Å². The van der Waals surface area contributed by atoms with Gasteiger partial charge in [-0.3, -0.25) is 19.9 Å². The number of carbonyl (C=O) groups excluding carboxylic acids is 2. The van der Waals surface area contributed by atoms with E-state index in [0.29, 0.717) is 57.7 Å². The van der Waals surface area contributed by atoms with Gasteiger partial charge >= 0.3 is 83.0 Å². The van der Waals surface area contributed by atoms with Crippen LogP contribution in [0.25, 0.3) is 68.8 Å². The Labute approximate surface area is 435 Å². The summed E-state index contributed by atoms with van der Waals surface area (Å²) in [6, 6.07) is 38.3. The van der Waals surface area contributed by atoms with Crippen LogP contribution in [0, 0.1) is 0 Å². The number of pyridine rings is 4. The molecule has 393 valence electrons. The van der Waals surface area contributed by atoms with Gasteiger partial charge in [-0.25, -0.2) is 29.9 Å². The summed E-state index contributed by atoms with van der Waals surface area (Å²) in [4.78, 5) is 63.8. The molecule has 0 aliphatic heterocycles. The molecule has 0 saturated heterocycles. The number of carbonyl (C=O) groups is 2. The van der Waals surface area contributed by atoms with Gasteiger partial charge in [-0.05, 0) is 100 Å². The van der Waals surface area contributed by atoms with Crippen LogP contribution < -0.4 is 0 Å². The van der Waals surface area contributed by atoms with Crippen molar-refractivity contribution >= 4 is 59.0 Å². The Balaban J connectivity index is 0.000000354. The first-order chi connectivity index (χ1) is 32.9. The fourth-order valence-electron chi connectivity index (χ4n) is 4.65. The van der Waals surface area contributed by atoms with Gasteiger partial charge in [-0.1, -0.05) is 80.4 Å². The van der Waals surface area contributed by atoms with Gasteiger partial charge in [-0.2, -0.15) is 0 Å². The van der Waals surface area contributed by atoms with Crippen LogP contribution in [0.3, 0.4) is 0 Å². The number of hydrogen-bond donors (Lipinski definition) is 0. The van der Waals surface area contributed by atoms with Crippen LogP contribution in [0.5, 0.6) is 0 Å². The van der Waals surface area contributed by atoms with Gasteiger partial charge in [0.1, 0.15) is 34.3 Å². The molecule has 0 saturated carbocycles. The Bertz CT molecular complexity index is 2690. The Morgan fingerprint density at radius 1 is 0.342 bits per heavy atom. The quantitative estimate of drug-likeness (QED) is 0.0881. The monoisotopic (exact) mass is 1250 g/mol. The molecule has 29 heteroatoms. The van der Waals surface area contributed by atoms with Gasteiger partial charge in [0.05, 0.1) is 0 Å². The van der Waals surface area contributed by atoms with E-state index in [0.717, 1.165) is 20.1 Å². The van der Waals surface area contributed by atoms with Gasteiger partial charge in [0.15, 0.2) is 34.9 Å². The normalized spacial score (nSPS) is 12.4. The van der Waals surface area contributed by atoms with E-state index in [9.17, 15) is 60.0 Å². The van der Waals surface area contributed by atoms with Crippen molar-refractivity contribution in [2.24, 2.45) is 0 Å². The Kier molecular flexibility index (Phi) is 21.4. The molecule has 2 aromatic carbocycles. The molecule has 0 N–H and O–H groups in total. The third-order valence-corrected chi connectivity index (χ3v) is 8.11. The first kappa shape index (κ1) is 63.0. The molecular weight excluding hydrogens is 1210 g/mol. The van der Waals surface area contributed by atoms with Crippen molar-refractivity contribution in [3.05, 3.63) is 155 Å². The maximum atomic E-state index is 9.87. The van der Waals surface area contributed by atoms with Crippen molar-refractivity contribution in [3.8, 4) is 68.8 Å². The zero-order valence-electron chi connectivity index (χ0n) is 37.6. The molecule has 0 aliphatic carbocycles. The minimum atomic E-state index is -10.7. The third-order valence-electron chi connectivity index (χ3n) is 7.05. The number of rotatable bonds is 6. The zero-order valence-corrected chi connectivity index (χ0v) is 43.5. The Hall–Kier alpha value is -6.10. The van der Waals surface area contributed by atoms with E-state index in [1.807, 2.05) is 121 Å². The van der Waals surface area contributed by atoms with E-state index in [2.05, 4.69) is 81.7 Å². The van der Waals surface area contributed by atoms with Crippen molar-refractivity contribution in [1.29, 1.82) is 0 Å². The second kappa shape index (κ2) is 24.8. The first-order valence-electron chi connectivity index (χ1n) is 19.7. The Morgan fingerprint density at radius 3 is 0.685 bits per heavy atom. The predicted octanol–water partition coefficient (Wildman–Crippen LogP) is 16.8. The van der Waals surface area contributed by atoms with Crippen molar-refractivity contribution < 1.29 is 77.0 Å². The molecule has 6 heterocycles. The second-order valence-electron chi connectivity index (χ2n) is 14.2. The number of hydrogen-bond acceptors (Lipinski definition) is 12. The molecule has 73 heavy (non-hydrogen) atoms. The average molecular weight is 1250 g/mol. The minimum Gasteiger partial charge on any atom is 2.00 e. The number of halogens is 14. The van der Waals surface area contributed by atoms with Crippen molar-refractivity contribution in [2.45, 2.75) is 27.7 Å².